The van der Waals surface area contributed by atoms with E-state index in [0.717, 1.165) is 16.9 Å². The summed E-state index contributed by atoms with van der Waals surface area (Å²) in [5.74, 6) is 0.592. The van der Waals surface area contributed by atoms with Crippen LogP contribution in [0.1, 0.15) is 17.5 Å². The number of carbonyl (C=O) groups excluding carboxylic acids is 1. The highest BCUT2D eigenvalue weighted by Gasteiger charge is 2.36. The van der Waals surface area contributed by atoms with Crippen molar-refractivity contribution in [2.45, 2.75) is 36.4 Å². The summed E-state index contributed by atoms with van der Waals surface area (Å²) in [6.45, 7) is 0.382. The molecule has 0 unspecified atom stereocenters. The maximum absolute atomic E-state index is 13.8. The third-order valence-electron chi connectivity index (χ3n) is 6.16. The van der Waals surface area contributed by atoms with Gasteiger partial charge in [0.2, 0.25) is 15.9 Å². The molecule has 0 saturated carbocycles. The zero-order valence-electron chi connectivity index (χ0n) is 21.6. The Morgan fingerprint density at radius 3 is 2.24 bits per heavy atom. The van der Waals surface area contributed by atoms with E-state index in [1.807, 2.05) is 54.6 Å². The predicted molar refractivity (Wildman–Crippen MR) is 145 cm³/mol. The van der Waals surface area contributed by atoms with Gasteiger partial charge in [-0.1, -0.05) is 42.5 Å². The summed E-state index contributed by atoms with van der Waals surface area (Å²) in [6, 6.07) is 22.0. The van der Waals surface area contributed by atoms with Gasteiger partial charge in [-0.3, -0.25) is 4.79 Å². The van der Waals surface area contributed by atoms with Crippen molar-refractivity contribution in [1.82, 2.24) is 9.62 Å². The van der Waals surface area contributed by atoms with Crippen LogP contribution in [0.4, 0.5) is 0 Å². The fourth-order valence-electron chi connectivity index (χ4n) is 4.14. The maximum Gasteiger partial charge on any atom is 0.243 e. The van der Waals surface area contributed by atoms with E-state index in [0.29, 0.717) is 12.3 Å². The molecule has 0 aliphatic rings. The van der Waals surface area contributed by atoms with E-state index in [9.17, 15) is 18.3 Å². The Labute approximate surface area is 224 Å². The SMILES string of the molecule is COc1ccc(S(=O)(=O)N(CCC(N)=O)[C@@H](Cc2ccccc2)[C@H](O)CNCc2cccc(OC)c2)cc1. The highest BCUT2D eigenvalue weighted by atomic mass is 32.2. The Bertz CT molecular complexity index is 1270. The van der Waals surface area contributed by atoms with Crippen LogP contribution in [0.15, 0.2) is 83.8 Å². The molecule has 0 aliphatic heterocycles. The molecule has 3 aromatic carbocycles. The highest BCUT2D eigenvalue weighted by molar-refractivity contribution is 7.89. The molecule has 4 N–H and O–H groups in total. The van der Waals surface area contributed by atoms with E-state index in [4.69, 9.17) is 15.2 Å². The van der Waals surface area contributed by atoms with E-state index < -0.39 is 28.1 Å². The molecule has 0 bridgehead atoms. The van der Waals surface area contributed by atoms with Crippen LogP contribution in [-0.2, 0) is 27.8 Å². The fourth-order valence-corrected chi connectivity index (χ4v) is 5.79. The van der Waals surface area contributed by atoms with Gasteiger partial charge in [0, 0.05) is 26.1 Å². The molecule has 0 radical (unpaired) electrons. The number of methoxy groups -OCH3 is 2. The number of nitrogens with two attached hydrogens (primary N) is 1. The average molecular weight is 542 g/mol. The fraction of sp³-hybridized carbons (Fsp3) is 0.321. The van der Waals surface area contributed by atoms with E-state index >= 15 is 0 Å². The number of nitrogens with zero attached hydrogens (tertiary/aromatic N) is 1. The van der Waals surface area contributed by atoms with Crippen molar-refractivity contribution in [3.63, 3.8) is 0 Å². The Kier molecular flexibility index (Phi) is 10.7. The van der Waals surface area contributed by atoms with Crippen molar-refractivity contribution >= 4 is 15.9 Å². The molecule has 38 heavy (non-hydrogen) atoms. The lowest BCUT2D eigenvalue weighted by Crippen LogP contribution is -2.52. The summed E-state index contributed by atoms with van der Waals surface area (Å²) in [5.41, 5.74) is 7.19. The number of carbonyl (C=O) groups is 1. The van der Waals surface area contributed by atoms with Crippen LogP contribution in [0, 0.1) is 0 Å². The van der Waals surface area contributed by atoms with Crippen molar-refractivity contribution in [1.29, 1.82) is 0 Å². The summed E-state index contributed by atoms with van der Waals surface area (Å²) in [6.07, 6.45) is -1.05. The van der Waals surface area contributed by atoms with Crippen LogP contribution in [0.2, 0.25) is 0 Å². The van der Waals surface area contributed by atoms with Crippen LogP contribution in [0.25, 0.3) is 0 Å². The standard InChI is InChI=1S/C28H35N3O6S/c1-36-23-11-13-25(14-12-23)38(34,35)31(16-15-28(29)33)26(18-21-7-4-3-5-8-21)27(32)20-30-19-22-9-6-10-24(17-22)37-2/h3-14,17,26-27,30,32H,15-16,18-20H2,1-2H3,(H2,29,33)/t26-,27+/m0/s1. The molecule has 0 fully saturated rings. The molecule has 3 aromatic rings. The Hall–Kier alpha value is -3.44. The zero-order chi connectivity index (χ0) is 27.5. The van der Waals surface area contributed by atoms with E-state index in [-0.39, 0.29) is 30.8 Å². The predicted octanol–water partition coefficient (Wildman–Crippen LogP) is 2.33. The highest BCUT2D eigenvalue weighted by Crippen LogP contribution is 2.25. The quantitative estimate of drug-likeness (QED) is 0.269. The minimum atomic E-state index is -4.11. The summed E-state index contributed by atoms with van der Waals surface area (Å²) >= 11 is 0. The van der Waals surface area contributed by atoms with Gasteiger partial charge in [-0.05, 0) is 53.9 Å². The summed E-state index contributed by atoms with van der Waals surface area (Å²) in [4.78, 5) is 11.7. The van der Waals surface area contributed by atoms with Crippen molar-refractivity contribution in [3.8, 4) is 11.5 Å². The number of rotatable bonds is 15. The first-order valence-electron chi connectivity index (χ1n) is 12.2. The maximum atomic E-state index is 13.8. The van der Waals surface area contributed by atoms with Crippen LogP contribution in [-0.4, -0.2) is 63.2 Å². The Morgan fingerprint density at radius 2 is 1.61 bits per heavy atom. The number of aliphatic hydroxyl groups is 1. The molecule has 9 nitrogen and oxygen atoms in total. The van der Waals surface area contributed by atoms with Crippen LogP contribution in [0.5, 0.6) is 11.5 Å². The smallest absolute Gasteiger partial charge is 0.243 e. The van der Waals surface area contributed by atoms with Crippen molar-refractivity contribution in [3.05, 3.63) is 90.0 Å². The number of amides is 1. The second-order valence-corrected chi connectivity index (χ2v) is 10.7. The van der Waals surface area contributed by atoms with Crippen LogP contribution >= 0.6 is 0 Å². The second kappa shape index (κ2) is 13.9. The molecule has 10 heteroatoms. The molecule has 0 heterocycles. The third-order valence-corrected chi connectivity index (χ3v) is 8.10. The van der Waals surface area contributed by atoms with Gasteiger partial charge in [0.15, 0.2) is 0 Å². The number of sulfonamides is 1. The molecule has 0 saturated heterocycles. The first-order valence-corrected chi connectivity index (χ1v) is 13.7. The van der Waals surface area contributed by atoms with E-state index in [2.05, 4.69) is 5.32 Å². The Balaban J connectivity index is 1.90. The van der Waals surface area contributed by atoms with Crippen molar-refractivity contribution < 1.29 is 27.8 Å². The first-order chi connectivity index (χ1) is 18.2. The van der Waals surface area contributed by atoms with Gasteiger partial charge in [0.05, 0.1) is 31.3 Å². The molecule has 3 rings (SSSR count). The number of benzene rings is 3. The van der Waals surface area contributed by atoms with E-state index in [1.54, 1.807) is 19.2 Å². The molecule has 0 aromatic heterocycles. The van der Waals surface area contributed by atoms with Crippen molar-refractivity contribution in [2.24, 2.45) is 5.73 Å². The Morgan fingerprint density at radius 1 is 0.947 bits per heavy atom. The van der Waals surface area contributed by atoms with Crippen LogP contribution < -0.4 is 20.5 Å². The lowest BCUT2D eigenvalue weighted by molar-refractivity contribution is -0.118. The van der Waals surface area contributed by atoms with Gasteiger partial charge in [-0.25, -0.2) is 8.42 Å². The summed E-state index contributed by atoms with van der Waals surface area (Å²) < 4.78 is 39.3. The lowest BCUT2D eigenvalue weighted by Gasteiger charge is -2.34. The van der Waals surface area contributed by atoms with Gasteiger partial charge >= 0.3 is 0 Å². The van der Waals surface area contributed by atoms with Gasteiger partial charge in [0.25, 0.3) is 0 Å². The monoisotopic (exact) mass is 541 g/mol. The number of hydrogen-bond donors (Lipinski definition) is 3. The van der Waals surface area contributed by atoms with E-state index in [1.165, 1.54) is 23.5 Å². The van der Waals surface area contributed by atoms with Gasteiger partial charge in [-0.2, -0.15) is 4.31 Å². The topological polar surface area (TPSA) is 131 Å². The van der Waals surface area contributed by atoms with Crippen molar-refractivity contribution in [2.75, 3.05) is 27.3 Å². The average Bonchev–Trinajstić information content (AvgIpc) is 2.93. The molecule has 0 aliphatic carbocycles. The molecule has 1 amide bonds. The lowest BCUT2D eigenvalue weighted by atomic mass is 10.0. The number of ether oxygens (including phenoxy) is 2. The molecule has 2 atom stereocenters. The van der Waals surface area contributed by atoms with Gasteiger partial charge in [-0.15, -0.1) is 0 Å². The number of hydrogen-bond acceptors (Lipinski definition) is 7. The third kappa shape index (κ3) is 8.03. The molecule has 0 spiro atoms. The molecular weight excluding hydrogens is 506 g/mol. The van der Waals surface area contributed by atoms with Crippen LogP contribution in [0.3, 0.4) is 0 Å². The minimum Gasteiger partial charge on any atom is -0.497 e. The normalized spacial score (nSPS) is 13.2. The van der Waals surface area contributed by atoms with Gasteiger partial charge in [0.1, 0.15) is 11.5 Å². The molecular formula is C28H35N3O6S. The summed E-state index contributed by atoms with van der Waals surface area (Å²) in [7, 11) is -1.02. The summed E-state index contributed by atoms with van der Waals surface area (Å²) in [5, 5.41) is 14.6. The first kappa shape index (κ1) is 29.1. The minimum absolute atomic E-state index is 0.0253. The number of primary amides is 1. The number of aliphatic hydroxyl groups excluding tert-OH is 1. The zero-order valence-corrected chi connectivity index (χ0v) is 22.4. The molecule has 204 valence electrons. The van der Waals surface area contributed by atoms with Gasteiger partial charge < -0.3 is 25.6 Å². The second-order valence-electron chi connectivity index (χ2n) is 8.81. The number of nitrogens with one attached hydrogen (secondary N) is 1. The largest absolute Gasteiger partial charge is 0.497 e.